The van der Waals surface area contributed by atoms with E-state index in [1.165, 1.54) is 11.1 Å². The summed E-state index contributed by atoms with van der Waals surface area (Å²) in [4.78, 5) is 0. The number of allylic oxidation sites excluding steroid dienone is 6. The molecule has 2 heteroatoms. The van der Waals surface area contributed by atoms with E-state index in [4.69, 9.17) is 0 Å². The molecule has 20 heavy (non-hydrogen) atoms. The topological polar surface area (TPSA) is 0 Å². The van der Waals surface area contributed by atoms with Crippen molar-refractivity contribution in [3.63, 3.8) is 0 Å². The molecule has 0 nitrogen and oxygen atoms in total. The molecule has 0 unspecified atom stereocenters. The molecule has 0 aliphatic rings. The fourth-order valence-corrected chi connectivity index (χ4v) is 2.25. The van der Waals surface area contributed by atoms with Crippen LogP contribution in [-0.4, -0.2) is 0 Å². The first-order valence-electron chi connectivity index (χ1n) is 6.69. The standard InChI is InChI=1S/C18H20Br2/c1-3-17(19)9-5-7-15-11-13-16(14-12-15)8-6-10-18(20)4-2/h3-4,9-14H,1-2,5-8H2/b17-9-,18-10-. The van der Waals surface area contributed by atoms with Gasteiger partial charge in [0.25, 0.3) is 0 Å². The van der Waals surface area contributed by atoms with Gasteiger partial charge in [0, 0.05) is 8.96 Å². The Hall–Kier alpha value is -0.860. The van der Waals surface area contributed by atoms with Crippen LogP contribution in [0.2, 0.25) is 0 Å². The first-order valence-corrected chi connectivity index (χ1v) is 8.28. The highest BCUT2D eigenvalue weighted by molar-refractivity contribution is 9.12. The number of benzene rings is 1. The molecule has 0 radical (unpaired) electrons. The zero-order chi connectivity index (χ0) is 14.8. The molecule has 0 aliphatic carbocycles. The Balaban J connectivity index is 2.44. The first kappa shape index (κ1) is 17.2. The summed E-state index contributed by atoms with van der Waals surface area (Å²) >= 11 is 6.87. The zero-order valence-corrected chi connectivity index (χ0v) is 14.8. The average molecular weight is 396 g/mol. The van der Waals surface area contributed by atoms with Gasteiger partial charge in [-0.2, -0.15) is 0 Å². The molecule has 1 aromatic rings. The second-order valence-corrected chi connectivity index (χ2v) is 6.31. The Kier molecular flexibility index (Phi) is 8.56. The predicted octanol–water partition coefficient (Wildman–Crippen LogP) is 6.48. The van der Waals surface area contributed by atoms with Gasteiger partial charge in [0.2, 0.25) is 0 Å². The van der Waals surface area contributed by atoms with Crippen molar-refractivity contribution in [2.24, 2.45) is 0 Å². The summed E-state index contributed by atoms with van der Waals surface area (Å²) in [6, 6.07) is 8.88. The Morgan fingerprint density at radius 3 is 1.45 bits per heavy atom. The number of halogens is 2. The summed E-state index contributed by atoms with van der Waals surface area (Å²) in [5.74, 6) is 0. The van der Waals surface area contributed by atoms with Crippen LogP contribution in [0.1, 0.15) is 24.0 Å². The zero-order valence-electron chi connectivity index (χ0n) is 11.6. The normalized spacial score (nSPS) is 12.3. The highest BCUT2D eigenvalue weighted by Gasteiger charge is 1.95. The van der Waals surface area contributed by atoms with E-state index in [1.54, 1.807) is 0 Å². The summed E-state index contributed by atoms with van der Waals surface area (Å²) in [5.41, 5.74) is 2.74. The van der Waals surface area contributed by atoms with E-state index in [1.807, 2.05) is 12.2 Å². The van der Waals surface area contributed by atoms with Crippen LogP contribution >= 0.6 is 31.9 Å². The highest BCUT2D eigenvalue weighted by atomic mass is 79.9. The SMILES string of the molecule is C=C/C(Br)=C/CCc1ccc(CC/C=C(\Br)C=C)cc1. The van der Waals surface area contributed by atoms with Gasteiger partial charge in [-0.15, -0.1) is 0 Å². The van der Waals surface area contributed by atoms with Crippen molar-refractivity contribution < 1.29 is 0 Å². The lowest BCUT2D eigenvalue weighted by Gasteiger charge is -2.02. The maximum Gasteiger partial charge on any atom is 0.0129 e. The van der Waals surface area contributed by atoms with Gasteiger partial charge in [-0.25, -0.2) is 0 Å². The second kappa shape index (κ2) is 9.95. The van der Waals surface area contributed by atoms with E-state index in [0.29, 0.717) is 0 Å². The van der Waals surface area contributed by atoms with E-state index in [-0.39, 0.29) is 0 Å². The third kappa shape index (κ3) is 7.06. The molecule has 1 rings (SSSR count). The number of rotatable bonds is 8. The third-order valence-electron chi connectivity index (χ3n) is 2.96. The van der Waals surface area contributed by atoms with Crippen LogP contribution in [0.25, 0.3) is 0 Å². The Morgan fingerprint density at radius 2 is 1.15 bits per heavy atom. The van der Waals surface area contributed by atoms with Gasteiger partial charge in [-0.05, 0) is 36.8 Å². The van der Waals surface area contributed by atoms with Crippen LogP contribution in [0.15, 0.2) is 70.7 Å². The van der Waals surface area contributed by atoms with Crippen LogP contribution < -0.4 is 0 Å². The predicted molar refractivity (Wildman–Crippen MR) is 97.5 cm³/mol. The van der Waals surface area contributed by atoms with E-state index in [2.05, 4.69) is 81.4 Å². The minimum atomic E-state index is 1.03. The smallest absolute Gasteiger partial charge is 0.0129 e. The van der Waals surface area contributed by atoms with Gasteiger partial charge in [-0.3, -0.25) is 0 Å². The van der Waals surface area contributed by atoms with Crippen molar-refractivity contribution in [3.8, 4) is 0 Å². The fourth-order valence-electron chi connectivity index (χ4n) is 1.79. The van der Waals surface area contributed by atoms with E-state index >= 15 is 0 Å². The van der Waals surface area contributed by atoms with Crippen LogP contribution in [0.5, 0.6) is 0 Å². The Labute approximate surface area is 139 Å². The molecule has 0 N–H and O–H groups in total. The summed E-state index contributed by atoms with van der Waals surface area (Å²) in [7, 11) is 0. The molecule has 0 bridgehead atoms. The lowest BCUT2D eigenvalue weighted by Crippen LogP contribution is -1.87. The largest absolute Gasteiger partial charge is 0.0980 e. The first-order chi connectivity index (χ1) is 9.65. The van der Waals surface area contributed by atoms with Crippen molar-refractivity contribution in [2.45, 2.75) is 25.7 Å². The lowest BCUT2D eigenvalue weighted by molar-refractivity contribution is 0.976. The number of hydrogen-bond acceptors (Lipinski definition) is 0. The van der Waals surface area contributed by atoms with Crippen LogP contribution in [0, 0.1) is 0 Å². The molecule has 1 aromatic carbocycles. The van der Waals surface area contributed by atoms with E-state index in [0.717, 1.165) is 34.6 Å². The van der Waals surface area contributed by atoms with Crippen LogP contribution in [0.4, 0.5) is 0 Å². The summed E-state index contributed by atoms with van der Waals surface area (Å²) in [6.45, 7) is 7.43. The van der Waals surface area contributed by atoms with Gasteiger partial charge in [0.05, 0.1) is 0 Å². The molecule has 0 saturated carbocycles. The highest BCUT2D eigenvalue weighted by Crippen LogP contribution is 2.13. The number of hydrogen-bond donors (Lipinski definition) is 0. The van der Waals surface area contributed by atoms with Crippen molar-refractivity contribution in [1.82, 2.24) is 0 Å². The number of aryl methyl sites for hydroxylation is 2. The third-order valence-corrected chi connectivity index (χ3v) is 4.25. The molecular formula is C18H20Br2. The summed E-state index contributed by atoms with van der Waals surface area (Å²) in [5, 5.41) is 0. The Bertz CT molecular complexity index is 446. The van der Waals surface area contributed by atoms with Gasteiger partial charge in [0.1, 0.15) is 0 Å². The molecule has 0 amide bonds. The molecule has 0 heterocycles. The molecular weight excluding hydrogens is 376 g/mol. The summed E-state index contributed by atoms with van der Waals surface area (Å²) < 4.78 is 2.13. The quantitative estimate of drug-likeness (QED) is 0.441. The van der Waals surface area contributed by atoms with Crippen molar-refractivity contribution in [2.75, 3.05) is 0 Å². The molecule has 0 aliphatic heterocycles. The minimum Gasteiger partial charge on any atom is -0.0980 e. The van der Waals surface area contributed by atoms with Crippen LogP contribution in [-0.2, 0) is 12.8 Å². The average Bonchev–Trinajstić information content (AvgIpc) is 2.48. The van der Waals surface area contributed by atoms with E-state index < -0.39 is 0 Å². The molecule has 0 aromatic heterocycles. The van der Waals surface area contributed by atoms with Gasteiger partial charge >= 0.3 is 0 Å². The maximum atomic E-state index is 3.72. The van der Waals surface area contributed by atoms with Crippen molar-refractivity contribution >= 4 is 31.9 Å². The van der Waals surface area contributed by atoms with Crippen LogP contribution in [0.3, 0.4) is 0 Å². The minimum absolute atomic E-state index is 1.03. The van der Waals surface area contributed by atoms with Crippen molar-refractivity contribution in [3.05, 3.63) is 81.8 Å². The van der Waals surface area contributed by atoms with Gasteiger partial charge in [-0.1, -0.05) is 93.6 Å². The monoisotopic (exact) mass is 394 g/mol. The molecule has 0 spiro atoms. The lowest BCUT2D eigenvalue weighted by atomic mass is 10.0. The summed E-state index contributed by atoms with van der Waals surface area (Å²) in [6.07, 6.45) is 12.1. The van der Waals surface area contributed by atoms with E-state index in [9.17, 15) is 0 Å². The molecule has 0 fully saturated rings. The molecule has 0 saturated heterocycles. The van der Waals surface area contributed by atoms with Gasteiger partial charge < -0.3 is 0 Å². The molecule has 0 atom stereocenters. The van der Waals surface area contributed by atoms with Crippen molar-refractivity contribution in [1.29, 1.82) is 0 Å². The Morgan fingerprint density at radius 1 is 0.800 bits per heavy atom. The molecule has 106 valence electrons. The van der Waals surface area contributed by atoms with Gasteiger partial charge in [0.15, 0.2) is 0 Å². The second-order valence-electron chi connectivity index (χ2n) is 4.48. The fraction of sp³-hybridized carbons (Fsp3) is 0.222. The maximum absolute atomic E-state index is 3.72.